The first-order valence-corrected chi connectivity index (χ1v) is 8.45. The Bertz CT molecular complexity index is 516. The van der Waals surface area contributed by atoms with Gasteiger partial charge < -0.3 is 15.4 Å². The number of nitrogens with zero attached hydrogens (tertiary/aromatic N) is 1. The second kappa shape index (κ2) is 7.42. The summed E-state index contributed by atoms with van der Waals surface area (Å²) >= 11 is 3.42. The maximum Gasteiger partial charge on any atom is 0.407 e. The molecular weight excluding hydrogens is 346 g/mol. The molecule has 122 valence electrons. The Morgan fingerprint density at radius 1 is 1.36 bits per heavy atom. The number of hydrogen-bond donors (Lipinski definition) is 2. The van der Waals surface area contributed by atoms with Crippen LogP contribution in [-0.2, 0) is 11.3 Å². The number of amides is 1. The highest BCUT2D eigenvalue weighted by Gasteiger charge is 2.29. The van der Waals surface area contributed by atoms with Crippen molar-refractivity contribution in [3.63, 3.8) is 0 Å². The van der Waals surface area contributed by atoms with Gasteiger partial charge >= 0.3 is 6.09 Å². The fourth-order valence-corrected chi connectivity index (χ4v) is 3.05. The molecule has 1 aromatic heterocycles. The van der Waals surface area contributed by atoms with Crippen molar-refractivity contribution in [1.29, 1.82) is 0 Å². The summed E-state index contributed by atoms with van der Waals surface area (Å²) in [5.41, 5.74) is 0.658. The summed E-state index contributed by atoms with van der Waals surface area (Å²) in [4.78, 5) is 16.1. The standard InChI is InChI=1S/C16H24BrN3O2/c1-16(2,3)22-15(21)20-14-6-4-5-13(14)19-9-11-7-12(17)10-18-8-11/h7-8,10,13-14,19H,4-6,9H2,1-3H3,(H,20,21). The predicted octanol–water partition coefficient (Wildman–Crippen LogP) is 3.38. The van der Waals surface area contributed by atoms with Gasteiger partial charge in [0.2, 0.25) is 0 Å². The van der Waals surface area contributed by atoms with E-state index >= 15 is 0 Å². The zero-order valence-electron chi connectivity index (χ0n) is 13.4. The minimum absolute atomic E-state index is 0.120. The largest absolute Gasteiger partial charge is 0.444 e. The maximum atomic E-state index is 11.9. The van der Waals surface area contributed by atoms with Crippen molar-refractivity contribution in [2.75, 3.05) is 0 Å². The van der Waals surface area contributed by atoms with Crippen LogP contribution in [0.25, 0.3) is 0 Å². The molecule has 1 aliphatic rings. The molecule has 0 radical (unpaired) electrons. The van der Waals surface area contributed by atoms with Gasteiger partial charge in [-0.2, -0.15) is 0 Å². The van der Waals surface area contributed by atoms with Crippen LogP contribution >= 0.6 is 15.9 Å². The summed E-state index contributed by atoms with van der Waals surface area (Å²) in [6.07, 6.45) is 6.43. The van der Waals surface area contributed by atoms with Crippen molar-refractivity contribution >= 4 is 22.0 Å². The molecule has 1 saturated carbocycles. The molecule has 1 amide bonds. The number of nitrogens with one attached hydrogen (secondary N) is 2. The smallest absolute Gasteiger partial charge is 0.407 e. The Labute approximate surface area is 140 Å². The SMILES string of the molecule is CC(C)(C)OC(=O)NC1CCCC1NCc1cncc(Br)c1. The number of carbonyl (C=O) groups excluding carboxylic acids is 1. The lowest BCUT2D eigenvalue weighted by Gasteiger charge is -2.25. The van der Waals surface area contributed by atoms with Crippen LogP contribution in [0, 0.1) is 0 Å². The van der Waals surface area contributed by atoms with Crippen molar-refractivity contribution in [1.82, 2.24) is 15.6 Å². The highest BCUT2D eigenvalue weighted by atomic mass is 79.9. The summed E-state index contributed by atoms with van der Waals surface area (Å²) in [5.74, 6) is 0. The van der Waals surface area contributed by atoms with E-state index in [1.165, 1.54) is 0 Å². The van der Waals surface area contributed by atoms with E-state index in [0.29, 0.717) is 0 Å². The van der Waals surface area contributed by atoms with Crippen molar-refractivity contribution in [3.05, 3.63) is 28.5 Å². The Hall–Kier alpha value is -1.14. The molecule has 1 aliphatic carbocycles. The van der Waals surface area contributed by atoms with Gasteiger partial charge in [0.05, 0.1) is 0 Å². The van der Waals surface area contributed by atoms with Crippen LogP contribution in [0.2, 0.25) is 0 Å². The lowest BCUT2D eigenvalue weighted by Crippen LogP contribution is -2.47. The highest BCUT2D eigenvalue weighted by molar-refractivity contribution is 9.10. The average molecular weight is 370 g/mol. The molecule has 0 aromatic carbocycles. The van der Waals surface area contributed by atoms with Gasteiger partial charge in [-0.15, -0.1) is 0 Å². The summed E-state index contributed by atoms with van der Waals surface area (Å²) < 4.78 is 6.31. The lowest BCUT2D eigenvalue weighted by atomic mass is 10.1. The summed E-state index contributed by atoms with van der Waals surface area (Å²) in [6, 6.07) is 2.44. The number of hydrogen-bond acceptors (Lipinski definition) is 4. The van der Waals surface area contributed by atoms with Crippen LogP contribution in [-0.4, -0.2) is 28.8 Å². The van der Waals surface area contributed by atoms with Crippen molar-refractivity contribution in [2.45, 2.75) is 64.3 Å². The van der Waals surface area contributed by atoms with E-state index in [1.54, 1.807) is 6.20 Å². The molecule has 0 aliphatic heterocycles. The van der Waals surface area contributed by atoms with Gasteiger partial charge in [0.15, 0.2) is 0 Å². The van der Waals surface area contributed by atoms with E-state index in [1.807, 2.05) is 33.0 Å². The predicted molar refractivity (Wildman–Crippen MR) is 89.6 cm³/mol. The van der Waals surface area contributed by atoms with Crippen LogP contribution < -0.4 is 10.6 Å². The van der Waals surface area contributed by atoms with Crippen LogP contribution in [0.4, 0.5) is 4.79 Å². The second-order valence-electron chi connectivity index (χ2n) is 6.68. The number of ether oxygens (including phenoxy) is 1. The van der Waals surface area contributed by atoms with Gasteiger partial charge in [-0.1, -0.05) is 0 Å². The van der Waals surface area contributed by atoms with Gasteiger partial charge in [-0.25, -0.2) is 4.79 Å². The summed E-state index contributed by atoms with van der Waals surface area (Å²) in [6.45, 7) is 6.36. The third kappa shape index (κ3) is 5.57. The normalized spacial score (nSPS) is 21.6. The first kappa shape index (κ1) is 17.2. The third-order valence-corrected chi connectivity index (χ3v) is 3.98. The number of aromatic nitrogens is 1. The summed E-state index contributed by atoms with van der Waals surface area (Å²) in [7, 11) is 0. The molecule has 0 bridgehead atoms. The molecule has 0 saturated heterocycles. The van der Waals surface area contributed by atoms with Gasteiger partial charge in [-0.3, -0.25) is 4.98 Å². The molecule has 6 heteroatoms. The van der Waals surface area contributed by atoms with Gasteiger partial charge in [0, 0.05) is 35.5 Å². The quantitative estimate of drug-likeness (QED) is 0.853. The fraction of sp³-hybridized carbons (Fsp3) is 0.625. The van der Waals surface area contributed by atoms with E-state index in [0.717, 1.165) is 35.8 Å². The zero-order valence-corrected chi connectivity index (χ0v) is 14.9. The molecule has 1 fully saturated rings. The van der Waals surface area contributed by atoms with Crippen molar-refractivity contribution in [3.8, 4) is 0 Å². The van der Waals surface area contributed by atoms with Crippen LogP contribution in [0.3, 0.4) is 0 Å². The number of rotatable bonds is 4. The molecule has 2 N–H and O–H groups in total. The van der Waals surface area contributed by atoms with E-state index in [9.17, 15) is 4.79 Å². The number of halogens is 1. The monoisotopic (exact) mass is 369 g/mol. The zero-order chi connectivity index (χ0) is 16.2. The molecule has 2 rings (SSSR count). The molecule has 1 aromatic rings. The Morgan fingerprint density at radius 2 is 2.09 bits per heavy atom. The van der Waals surface area contributed by atoms with Gasteiger partial charge in [-0.05, 0) is 67.6 Å². The van der Waals surface area contributed by atoms with E-state index < -0.39 is 5.60 Å². The Kier molecular flexibility index (Phi) is 5.81. The van der Waals surface area contributed by atoms with Crippen LogP contribution in [0.1, 0.15) is 45.6 Å². The number of alkyl carbamates (subject to hydrolysis) is 1. The van der Waals surface area contributed by atoms with Crippen molar-refractivity contribution in [2.24, 2.45) is 0 Å². The molecule has 2 unspecified atom stereocenters. The first-order valence-electron chi connectivity index (χ1n) is 7.66. The Balaban J connectivity index is 1.84. The Morgan fingerprint density at radius 3 is 2.77 bits per heavy atom. The van der Waals surface area contributed by atoms with Gasteiger partial charge in [0.25, 0.3) is 0 Å². The topological polar surface area (TPSA) is 63.2 Å². The van der Waals surface area contributed by atoms with E-state index in [4.69, 9.17) is 4.74 Å². The first-order chi connectivity index (χ1) is 10.3. The third-order valence-electron chi connectivity index (χ3n) is 3.55. The minimum atomic E-state index is -0.465. The van der Waals surface area contributed by atoms with E-state index in [2.05, 4.69) is 31.5 Å². The maximum absolute atomic E-state index is 11.9. The molecule has 2 atom stereocenters. The van der Waals surface area contributed by atoms with Crippen LogP contribution in [0.5, 0.6) is 0 Å². The summed E-state index contributed by atoms with van der Waals surface area (Å²) in [5, 5.41) is 6.50. The highest BCUT2D eigenvalue weighted by Crippen LogP contribution is 2.20. The molecule has 1 heterocycles. The number of carbonyl (C=O) groups is 1. The minimum Gasteiger partial charge on any atom is -0.444 e. The molecule has 0 spiro atoms. The van der Waals surface area contributed by atoms with E-state index in [-0.39, 0.29) is 18.2 Å². The molecule has 5 nitrogen and oxygen atoms in total. The average Bonchev–Trinajstić information content (AvgIpc) is 2.81. The van der Waals surface area contributed by atoms with Gasteiger partial charge in [0.1, 0.15) is 5.60 Å². The molecular formula is C16H24BrN3O2. The lowest BCUT2D eigenvalue weighted by molar-refractivity contribution is 0.0498. The fourth-order valence-electron chi connectivity index (χ4n) is 2.64. The number of pyridine rings is 1. The van der Waals surface area contributed by atoms with Crippen molar-refractivity contribution < 1.29 is 9.53 Å². The molecule has 22 heavy (non-hydrogen) atoms. The van der Waals surface area contributed by atoms with Crippen LogP contribution in [0.15, 0.2) is 22.9 Å². The second-order valence-corrected chi connectivity index (χ2v) is 7.60.